The highest BCUT2D eigenvalue weighted by molar-refractivity contribution is 6.00. The van der Waals surface area contributed by atoms with Gasteiger partial charge in [-0.2, -0.15) is 0 Å². The summed E-state index contributed by atoms with van der Waals surface area (Å²) in [4.78, 5) is 36.2. The molecule has 0 spiro atoms. The molecule has 140 valence electrons. The van der Waals surface area contributed by atoms with E-state index in [1.165, 1.54) is 31.0 Å². The Labute approximate surface area is 151 Å². The second kappa shape index (κ2) is 8.29. The standard InChI is InChI=1S/C19H23FN2O4/c20-12-7-8-14-15(10-17(23)22-16(14)9-12)19(25)26-11-18(24)21-13-5-3-1-2-4-6-13/h7-9,13,15H,1-6,10-11H2,(H,21,24)(H,22,23). The molecule has 2 amide bonds. The Morgan fingerprint density at radius 2 is 1.92 bits per heavy atom. The number of rotatable bonds is 4. The molecule has 1 saturated carbocycles. The molecule has 1 fully saturated rings. The van der Waals surface area contributed by atoms with Crippen LogP contribution in [0, 0.1) is 5.82 Å². The van der Waals surface area contributed by atoms with Crippen molar-refractivity contribution in [3.05, 3.63) is 29.6 Å². The molecule has 1 aliphatic heterocycles. The molecule has 1 atom stereocenters. The third-order valence-corrected chi connectivity index (χ3v) is 4.90. The fourth-order valence-electron chi connectivity index (χ4n) is 3.58. The molecule has 0 saturated heterocycles. The predicted octanol–water partition coefficient (Wildman–Crippen LogP) is 2.63. The number of nitrogens with one attached hydrogen (secondary N) is 2. The van der Waals surface area contributed by atoms with Crippen LogP contribution in [0.1, 0.15) is 56.4 Å². The smallest absolute Gasteiger partial charge is 0.314 e. The highest BCUT2D eigenvalue weighted by Gasteiger charge is 2.32. The van der Waals surface area contributed by atoms with Crippen LogP contribution in [-0.4, -0.2) is 30.4 Å². The number of fused-ring (bicyclic) bond motifs is 1. The van der Waals surface area contributed by atoms with Crippen LogP contribution < -0.4 is 10.6 Å². The van der Waals surface area contributed by atoms with E-state index < -0.39 is 17.7 Å². The van der Waals surface area contributed by atoms with E-state index >= 15 is 0 Å². The molecule has 0 radical (unpaired) electrons. The number of hydrogen-bond donors (Lipinski definition) is 2. The van der Waals surface area contributed by atoms with Gasteiger partial charge in [0.05, 0.1) is 5.92 Å². The first-order chi connectivity index (χ1) is 12.5. The molecule has 6 nitrogen and oxygen atoms in total. The van der Waals surface area contributed by atoms with Gasteiger partial charge in [-0.15, -0.1) is 0 Å². The maximum atomic E-state index is 13.3. The zero-order valence-electron chi connectivity index (χ0n) is 14.6. The summed E-state index contributed by atoms with van der Waals surface area (Å²) in [5, 5.41) is 5.45. The minimum atomic E-state index is -0.829. The number of benzene rings is 1. The molecule has 1 aromatic rings. The lowest BCUT2D eigenvalue weighted by Crippen LogP contribution is -2.38. The molecular formula is C19H23FN2O4. The molecule has 1 aliphatic carbocycles. The number of carbonyl (C=O) groups excluding carboxylic acids is 3. The van der Waals surface area contributed by atoms with Crippen molar-refractivity contribution in [1.82, 2.24) is 5.32 Å². The van der Waals surface area contributed by atoms with E-state index in [1.54, 1.807) is 0 Å². The fraction of sp³-hybridized carbons (Fsp3) is 0.526. The average molecular weight is 362 g/mol. The number of carbonyl (C=O) groups is 3. The van der Waals surface area contributed by atoms with Crippen LogP contribution in [0.25, 0.3) is 0 Å². The molecule has 0 bridgehead atoms. The van der Waals surface area contributed by atoms with Crippen LogP contribution in [0.15, 0.2) is 18.2 Å². The summed E-state index contributed by atoms with van der Waals surface area (Å²) in [6, 6.07) is 4.00. The number of amides is 2. The monoisotopic (exact) mass is 362 g/mol. The Morgan fingerprint density at radius 3 is 2.65 bits per heavy atom. The largest absolute Gasteiger partial charge is 0.455 e. The minimum Gasteiger partial charge on any atom is -0.455 e. The highest BCUT2D eigenvalue weighted by atomic mass is 19.1. The van der Waals surface area contributed by atoms with E-state index in [1.807, 2.05) is 0 Å². The normalized spacial score (nSPS) is 20.5. The van der Waals surface area contributed by atoms with Gasteiger partial charge in [0.15, 0.2) is 6.61 Å². The fourth-order valence-corrected chi connectivity index (χ4v) is 3.58. The van der Waals surface area contributed by atoms with Crippen molar-refractivity contribution >= 4 is 23.5 Å². The Hall–Kier alpha value is -2.44. The van der Waals surface area contributed by atoms with E-state index in [2.05, 4.69) is 10.6 Å². The van der Waals surface area contributed by atoms with Crippen LogP contribution in [-0.2, 0) is 19.1 Å². The van der Waals surface area contributed by atoms with Gasteiger partial charge in [0.2, 0.25) is 5.91 Å². The maximum Gasteiger partial charge on any atom is 0.314 e. The van der Waals surface area contributed by atoms with Crippen molar-refractivity contribution in [3.8, 4) is 0 Å². The lowest BCUT2D eigenvalue weighted by atomic mass is 9.90. The molecule has 3 rings (SSSR count). The summed E-state index contributed by atoms with van der Waals surface area (Å²) in [5.41, 5.74) is 0.770. The van der Waals surface area contributed by atoms with Crippen molar-refractivity contribution in [3.63, 3.8) is 0 Å². The van der Waals surface area contributed by atoms with Crippen molar-refractivity contribution in [2.45, 2.75) is 56.9 Å². The van der Waals surface area contributed by atoms with Crippen molar-refractivity contribution in [2.24, 2.45) is 0 Å². The first-order valence-electron chi connectivity index (χ1n) is 9.08. The van der Waals surface area contributed by atoms with Crippen LogP contribution in [0.4, 0.5) is 10.1 Å². The first-order valence-corrected chi connectivity index (χ1v) is 9.08. The Balaban J connectivity index is 1.56. The molecule has 1 unspecified atom stereocenters. The van der Waals surface area contributed by atoms with E-state index in [0.29, 0.717) is 5.56 Å². The van der Waals surface area contributed by atoms with E-state index in [0.717, 1.165) is 25.7 Å². The Kier molecular flexibility index (Phi) is 5.85. The van der Waals surface area contributed by atoms with Crippen molar-refractivity contribution in [1.29, 1.82) is 0 Å². The molecule has 1 heterocycles. The number of hydrogen-bond acceptors (Lipinski definition) is 4. The number of ether oxygens (including phenoxy) is 1. The van der Waals surface area contributed by atoms with E-state index in [-0.39, 0.29) is 36.6 Å². The summed E-state index contributed by atoms with van der Waals surface area (Å²) in [7, 11) is 0. The quantitative estimate of drug-likeness (QED) is 0.637. The number of halogens is 1. The molecule has 0 aromatic heterocycles. The SMILES string of the molecule is O=C1CC(C(=O)OCC(=O)NC2CCCCCC2)c2ccc(F)cc2N1. The van der Waals surface area contributed by atoms with Gasteiger partial charge >= 0.3 is 5.97 Å². The van der Waals surface area contributed by atoms with Crippen LogP contribution >= 0.6 is 0 Å². The molecule has 2 N–H and O–H groups in total. The van der Waals surface area contributed by atoms with Crippen LogP contribution in [0.3, 0.4) is 0 Å². The van der Waals surface area contributed by atoms with Gasteiger partial charge in [-0.3, -0.25) is 14.4 Å². The highest BCUT2D eigenvalue weighted by Crippen LogP contribution is 2.33. The lowest BCUT2D eigenvalue weighted by molar-refractivity contribution is -0.151. The Bertz CT molecular complexity index is 699. The van der Waals surface area contributed by atoms with Gasteiger partial charge in [-0.05, 0) is 30.5 Å². The number of anilines is 1. The second-order valence-electron chi connectivity index (χ2n) is 6.90. The molecule has 1 aromatic carbocycles. The summed E-state index contributed by atoms with van der Waals surface area (Å²) in [5.74, 6) is -2.69. The summed E-state index contributed by atoms with van der Waals surface area (Å²) in [6.07, 6.45) is 6.37. The maximum absolute atomic E-state index is 13.3. The Morgan fingerprint density at radius 1 is 1.19 bits per heavy atom. The van der Waals surface area contributed by atoms with Crippen molar-refractivity contribution < 1.29 is 23.5 Å². The molecule has 2 aliphatic rings. The number of esters is 1. The first kappa shape index (κ1) is 18.4. The van der Waals surface area contributed by atoms with Gasteiger partial charge in [0, 0.05) is 18.2 Å². The predicted molar refractivity (Wildman–Crippen MR) is 93.0 cm³/mol. The van der Waals surface area contributed by atoms with Crippen LogP contribution in [0.5, 0.6) is 0 Å². The third kappa shape index (κ3) is 4.59. The zero-order valence-corrected chi connectivity index (χ0v) is 14.6. The van der Waals surface area contributed by atoms with E-state index in [4.69, 9.17) is 4.74 Å². The lowest BCUT2D eigenvalue weighted by Gasteiger charge is -2.24. The van der Waals surface area contributed by atoms with Gasteiger partial charge in [-0.25, -0.2) is 4.39 Å². The van der Waals surface area contributed by atoms with Crippen LogP contribution in [0.2, 0.25) is 0 Å². The van der Waals surface area contributed by atoms with Crippen molar-refractivity contribution in [2.75, 3.05) is 11.9 Å². The van der Waals surface area contributed by atoms with Gasteiger partial charge in [0.25, 0.3) is 5.91 Å². The topological polar surface area (TPSA) is 84.5 Å². The summed E-state index contributed by atoms with van der Waals surface area (Å²) in [6.45, 7) is -0.371. The van der Waals surface area contributed by atoms with Gasteiger partial charge < -0.3 is 15.4 Å². The molecule has 7 heteroatoms. The summed E-state index contributed by atoms with van der Waals surface area (Å²) < 4.78 is 18.5. The minimum absolute atomic E-state index is 0.0816. The zero-order chi connectivity index (χ0) is 18.5. The van der Waals surface area contributed by atoms with Gasteiger partial charge in [0.1, 0.15) is 5.82 Å². The second-order valence-corrected chi connectivity index (χ2v) is 6.90. The summed E-state index contributed by atoms with van der Waals surface area (Å²) >= 11 is 0. The van der Waals surface area contributed by atoms with Gasteiger partial charge in [-0.1, -0.05) is 31.7 Å². The molecular weight excluding hydrogens is 339 g/mol. The van der Waals surface area contributed by atoms with E-state index in [9.17, 15) is 18.8 Å². The molecule has 26 heavy (non-hydrogen) atoms. The average Bonchev–Trinajstić information content (AvgIpc) is 2.87. The third-order valence-electron chi connectivity index (χ3n) is 4.90.